The number of amides is 1. The van der Waals surface area contributed by atoms with Crippen LogP contribution in [-0.4, -0.2) is 54.7 Å². The van der Waals surface area contributed by atoms with Crippen LogP contribution in [0.1, 0.15) is 17.0 Å². The van der Waals surface area contributed by atoms with E-state index in [2.05, 4.69) is 9.88 Å². The first kappa shape index (κ1) is 15.2. The van der Waals surface area contributed by atoms with E-state index in [-0.39, 0.29) is 12.0 Å². The molecule has 126 valence electrons. The predicted octanol–water partition coefficient (Wildman–Crippen LogP) is 2.04. The molecular formula is C18H21N3O3. The monoisotopic (exact) mass is 327 g/mol. The first-order valence-electron chi connectivity index (χ1n) is 8.41. The standard InChI is InChI=1S/C18H21N3O3/c22-18(15-4-3-10-23-15)21-9-11-24-16-13-20(8-6-14(16)12-21)17-5-1-2-7-19-17/h1-5,7,10,14,16H,6,8-9,11-13H2/t14-,16-/m0/s1. The summed E-state index contributed by atoms with van der Waals surface area (Å²) in [7, 11) is 0. The minimum absolute atomic E-state index is 0.0450. The molecule has 0 N–H and O–H groups in total. The van der Waals surface area contributed by atoms with E-state index < -0.39 is 0 Å². The fraction of sp³-hybridized carbons (Fsp3) is 0.444. The van der Waals surface area contributed by atoms with Gasteiger partial charge in [0.05, 0.1) is 19.0 Å². The van der Waals surface area contributed by atoms with Crippen molar-refractivity contribution in [1.29, 1.82) is 0 Å². The second-order valence-corrected chi connectivity index (χ2v) is 6.32. The first-order valence-corrected chi connectivity index (χ1v) is 8.41. The van der Waals surface area contributed by atoms with Gasteiger partial charge >= 0.3 is 0 Å². The number of hydrogen-bond donors (Lipinski definition) is 0. The Morgan fingerprint density at radius 3 is 2.92 bits per heavy atom. The van der Waals surface area contributed by atoms with Gasteiger partial charge in [-0.1, -0.05) is 6.07 Å². The Bertz CT molecular complexity index is 674. The molecule has 2 aromatic heterocycles. The average Bonchev–Trinajstić information content (AvgIpc) is 3.08. The van der Waals surface area contributed by atoms with Gasteiger partial charge in [-0.3, -0.25) is 4.79 Å². The molecule has 6 nitrogen and oxygen atoms in total. The summed E-state index contributed by atoms with van der Waals surface area (Å²) in [6, 6.07) is 9.43. The summed E-state index contributed by atoms with van der Waals surface area (Å²) >= 11 is 0. The van der Waals surface area contributed by atoms with Crippen LogP contribution in [0.3, 0.4) is 0 Å². The van der Waals surface area contributed by atoms with Gasteiger partial charge < -0.3 is 19.0 Å². The van der Waals surface area contributed by atoms with E-state index in [9.17, 15) is 4.79 Å². The summed E-state index contributed by atoms with van der Waals surface area (Å²) in [4.78, 5) is 21.1. The number of ether oxygens (including phenoxy) is 1. The predicted molar refractivity (Wildman–Crippen MR) is 88.9 cm³/mol. The smallest absolute Gasteiger partial charge is 0.289 e. The lowest BCUT2D eigenvalue weighted by Gasteiger charge is -2.38. The molecule has 0 bridgehead atoms. The molecule has 0 unspecified atom stereocenters. The Balaban J connectivity index is 1.44. The molecule has 4 heterocycles. The highest BCUT2D eigenvalue weighted by Gasteiger charge is 2.35. The molecule has 2 aliphatic heterocycles. The topological polar surface area (TPSA) is 58.8 Å². The normalized spacial score (nSPS) is 24.3. The molecule has 0 aliphatic carbocycles. The van der Waals surface area contributed by atoms with Crippen molar-refractivity contribution >= 4 is 11.7 Å². The summed E-state index contributed by atoms with van der Waals surface area (Å²) in [5.74, 6) is 1.70. The third-order valence-corrected chi connectivity index (χ3v) is 4.84. The van der Waals surface area contributed by atoms with Gasteiger partial charge in [-0.05, 0) is 30.7 Å². The molecule has 2 saturated heterocycles. The van der Waals surface area contributed by atoms with E-state index in [1.54, 1.807) is 12.1 Å². The Labute approximate surface area is 141 Å². The molecule has 2 aliphatic rings. The number of aromatic nitrogens is 1. The molecule has 4 rings (SSSR count). The van der Waals surface area contributed by atoms with Crippen LogP contribution in [0.2, 0.25) is 0 Å². The van der Waals surface area contributed by atoms with Crippen LogP contribution >= 0.6 is 0 Å². The number of nitrogens with zero attached hydrogens (tertiary/aromatic N) is 3. The molecule has 2 aromatic rings. The third-order valence-electron chi connectivity index (χ3n) is 4.84. The number of furan rings is 1. The van der Waals surface area contributed by atoms with E-state index in [1.807, 2.05) is 29.3 Å². The highest BCUT2D eigenvalue weighted by atomic mass is 16.5. The quantitative estimate of drug-likeness (QED) is 0.845. The zero-order chi connectivity index (χ0) is 16.4. The maximum Gasteiger partial charge on any atom is 0.289 e. The van der Waals surface area contributed by atoms with Crippen LogP contribution < -0.4 is 4.90 Å². The van der Waals surface area contributed by atoms with E-state index in [0.717, 1.165) is 31.9 Å². The molecule has 0 radical (unpaired) electrons. The Kier molecular flexibility index (Phi) is 4.21. The van der Waals surface area contributed by atoms with Gasteiger partial charge in [0.1, 0.15) is 5.82 Å². The lowest BCUT2D eigenvalue weighted by Crippen LogP contribution is -2.47. The number of carbonyl (C=O) groups is 1. The van der Waals surface area contributed by atoms with Gasteiger partial charge in [0.15, 0.2) is 5.76 Å². The summed E-state index contributed by atoms with van der Waals surface area (Å²) in [5, 5.41) is 0. The number of fused-ring (bicyclic) bond motifs is 1. The molecular weight excluding hydrogens is 306 g/mol. The van der Waals surface area contributed by atoms with Crippen molar-refractivity contribution in [2.75, 3.05) is 37.7 Å². The van der Waals surface area contributed by atoms with Crippen LogP contribution in [0.5, 0.6) is 0 Å². The molecule has 24 heavy (non-hydrogen) atoms. The van der Waals surface area contributed by atoms with Crippen molar-refractivity contribution in [2.45, 2.75) is 12.5 Å². The largest absolute Gasteiger partial charge is 0.459 e. The van der Waals surface area contributed by atoms with Gasteiger partial charge in [-0.2, -0.15) is 0 Å². The SMILES string of the molecule is O=C(c1ccco1)N1CCO[C@H]2CN(c3ccccn3)CC[C@H]2C1. The van der Waals surface area contributed by atoms with Crippen LogP contribution in [0.15, 0.2) is 47.2 Å². The number of anilines is 1. The van der Waals surface area contributed by atoms with Gasteiger partial charge in [0.25, 0.3) is 5.91 Å². The average molecular weight is 327 g/mol. The van der Waals surface area contributed by atoms with Crippen LogP contribution in [-0.2, 0) is 4.74 Å². The molecule has 2 fully saturated rings. The fourth-order valence-corrected chi connectivity index (χ4v) is 3.54. The van der Waals surface area contributed by atoms with Crippen molar-refractivity contribution in [3.05, 3.63) is 48.6 Å². The number of carbonyl (C=O) groups excluding carboxylic acids is 1. The van der Waals surface area contributed by atoms with Gasteiger partial charge in [0.2, 0.25) is 0 Å². The lowest BCUT2D eigenvalue weighted by molar-refractivity contribution is 0.0251. The lowest BCUT2D eigenvalue weighted by atomic mass is 9.93. The Morgan fingerprint density at radius 2 is 2.12 bits per heavy atom. The Morgan fingerprint density at radius 1 is 1.17 bits per heavy atom. The van der Waals surface area contributed by atoms with Crippen LogP contribution in [0.25, 0.3) is 0 Å². The van der Waals surface area contributed by atoms with E-state index in [4.69, 9.17) is 9.15 Å². The molecule has 2 atom stereocenters. The summed E-state index contributed by atoms with van der Waals surface area (Å²) in [5.41, 5.74) is 0. The maximum atomic E-state index is 12.5. The molecule has 0 saturated carbocycles. The number of pyridine rings is 1. The zero-order valence-corrected chi connectivity index (χ0v) is 13.5. The maximum absolute atomic E-state index is 12.5. The van der Waals surface area contributed by atoms with Crippen LogP contribution in [0.4, 0.5) is 5.82 Å². The van der Waals surface area contributed by atoms with Gasteiger partial charge in [-0.15, -0.1) is 0 Å². The van der Waals surface area contributed by atoms with Crippen molar-refractivity contribution in [3.8, 4) is 0 Å². The highest BCUT2D eigenvalue weighted by Crippen LogP contribution is 2.27. The van der Waals surface area contributed by atoms with Crippen molar-refractivity contribution in [2.24, 2.45) is 5.92 Å². The first-order chi connectivity index (χ1) is 11.8. The minimum Gasteiger partial charge on any atom is -0.459 e. The van der Waals surface area contributed by atoms with E-state index >= 15 is 0 Å². The Hall–Kier alpha value is -2.34. The summed E-state index contributed by atoms with van der Waals surface area (Å²) < 4.78 is 11.3. The van der Waals surface area contributed by atoms with Crippen molar-refractivity contribution in [3.63, 3.8) is 0 Å². The molecule has 6 heteroatoms. The number of hydrogen-bond acceptors (Lipinski definition) is 5. The number of piperidine rings is 1. The second-order valence-electron chi connectivity index (χ2n) is 6.32. The van der Waals surface area contributed by atoms with Crippen LogP contribution in [0, 0.1) is 5.92 Å². The second kappa shape index (κ2) is 6.65. The third kappa shape index (κ3) is 3.01. The zero-order valence-electron chi connectivity index (χ0n) is 13.5. The summed E-state index contributed by atoms with van der Waals surface area (Å²) in [6.45, 7) is 3.65. The molecule has 0 aromatic carbocycles. The van der Waals surface area contributed by atoms with Gasteiger partial charge in [0, 0.05) is 38.3 Å². The van der Waals surface area contributed by atoms with E-state index in [1.165, 1.54) is 6.26 Å². The minimum atomic E-state index is -0.0450. The summed E-state index contributed by atoms with van der Waals surface area (Å²) in [6.07, 6.45) is 4.48. The van der Waals surface area contributed by atoms with Crippen molar-refractivity contribution < 1.29 is 13.9 Å². The molecule has 0 spiro atoms. The number of rotatable bonds is 2. The van der Waals surface area contributed by atoms with E-state index in [0.29, 0.717) is 24.8 Å². The fourth-order valence-electron chi connectivity index (χ4n) is 3.54. The van der Waals surface area contributed by atoms with Gasteiger partial charge in [-0.25, -0.2) is 4.98 Å². The highest BCUT2D eigenvalue weighted by molar-refractivity contribution is 5.91. The molecule has 1 amide bonds. The van der Waals surface area contributed by atoms with Crippen molar-refractivity contribution in [1.82, 2.24) is 9.88 Å².